The lowest BCUT2D eigenvalue weighted by Gasteiger charge is -2.32. The smallest absolute Gasteiger partial charge is 0.446 e. The van der Waals surface area contributed by atoms with E-state index in [4.69, 9.17) is 13.8 Å². The number of rotatable bonds is 4. The topological polar surface area (TPSA) is 132 Å². The molecule has 0 unspecified atom stereocenters. The van der Waals surface area contributed by atoms with Crippen LogP contribution in [0.2, 0.25) is 0 Å². The highest BCUT2D eigenvalue weighted by molar-refractivity contribution is 7.68. The predicted octanol–water partition coefficient (Wildman–Crippen LogP) is 0.710. The van der Waals surface area contributed by atoms with Crippen molar-refractivity contribution < 1.29 is 33.0 Å². The van der Waals surface area contributed by atoms with Gasteiger partial charge in [0.2, 0.25) is 5.75 Å². The molecule has 0 atom stereocenters. The van der Waals surface area contributed by atoms with Crippen LogP contribution in [0.3, 0.4) is 0 Å². The first-order valence-electron chi connectivity index (χ1n) is 9.59. The first-order chi connectivity index (χ1) is 14.6. The lowest BCUT2D eigenvalue weighted by atomic mass is 10.1. The molecular weight excluding hydrogens is 432 g/mol. The number of aromatic nitrogens is 2. The van der Waals surface area contributed by atoms with E-state index in [-0.39, 0.29) is 44.0 Å². The second kappa shape index (κ2) is 7.92. The molecule has 3 heterocycles. The Kier molecular flexibility index (Phi) is 5.57. The summed E-state index contributed by atoms with van der Waals surface area (Å²) in [5, 5.41) is 12.9. The molecule has 2 aliphatic heterocycles. The highest BCUT2D eigenvalue weighted by Gasteiger charge is 2.50. The van der Waals surface area contributed by atoms with E-state index in [1.54, 1.807) is 13.8 Å². The number of fused-ring (bicyclic) bond motifs is 1. The first-order valence-corrected chi connectivity index (χ1v) is 11.2. The molecule has 1 fully saturated rings. The van der Waals surface area contributed by atoms with Crippen molar-refractivity contribution in [2.24, 2.45) is 0 Å². The fourth-order valence-electron chi connectivity index (χ4n) is 3.53. The van der Waals surface area contributed by atoms with Gasteiger partial charge in [0, 0.05) is 18.2 Å². The highest BCUT2D eigenvalue weighted by Crippen LogP contribution is 2.59. The average molecular weight is 454 g/mol. The molecule has 0 bridgehead atoms. The lowest BCUT2D eigenvalue weighted by Crippen LogP contribution is -2.42. The Morgan fingerprint density at radius 1 is 1.32 bits per heavy atom. The summed E-state index contributed by atoms with van der Waals surface area (Å²) in [6.07, 6.45) is 0. The van der Waals surface area contributed by atoms with Gasteiger partial charge in [-0.1, -0.05) is 6.07 Å². The number of hydrogen-bond acceptors (Lipinski definition) is 8. The Hall–Kier alpha value is -2.43. The van der Waals surface area contributed by atoms with E-state index in [2.05, 4.69) is 10.3 Å². The third-order valence-corrected chi connectivity index (χ3v) is 7.17. The number of nitrogens with one attached hydrogen (secondary N) is 1. The fourth-order valence-corrected chi connectivity index (χ4v) is 5.33. The first kappa shape index (κ1) is 21.8. The molecule has 12 heteroatoms. The average Bonchev–Trinajstić information content (AvgIpc) is 3.17. The van der Waals surface area contributed by atoms with Gasteiger partial charge in [-0.15, -0.1) is 0 Å². The standard InChI is InChI=1S/C19H21FN3O7P/c1-19(2)18-22-14(15(24)17(26)23(18)5-6-28-19)16(25)21-10-11-3-4-12(20)9-13(11)31(27)29-7-8-30-31/h3-4,9,27H,5-8,10H2,1-2H3,(H-,21,24,25)/p+1. The summed E-state index contributed by atoms with van der Waals surface area (Å²) >= 11 is 0. The molecule has 1 amide bonds. The Labute approximate surface area is 177 Å². The summed E-state index contributed by atoms with van der Waals surface area (Å²) in [6, 6.07) is 3.66. The monoisotopic (exact) mass is 454 g/mol. The number of benzene rings is 1. The second-order valence-electron chi connectivity index (χ2n) is 7.59. The number of aromatic hydroxyl groups is 1. The minimum atomic E-state index is -3.45. The summed E-state index contributed by atoms with van der Waals surface area (Å²) < 4.78 is 31.3. The molecule has 31 heavy (non-hydrogen) atoms. The maximum atomic E-state index is 13.8. The third-order valence-electron chi connectivity index (χ3n) is 5.08. The zero-order valence-electron chi connectivity index (χ0n) is 16.9. The van der Waals surface area contributed by atoms with Gasteiger partial charge in [0.15, 0.2) is 11.0 Å². The molecule has 0 saturated carbocycles. The Morgan fingerprint density at radius 3 is 2.74 bits per heavy atom. The summed E-state index contributed by atoms with van der Waals surface area (Å²) in [4.78, 5) is 40.1. The number of nitrogens with zero attached hydrogens (tertiary/aromatic N) is 2. The summed E-state index contributed by atoms with van der Waals surface area (Å²) in [7, 11) is -3.45. The number of hydrogen-bond donors (Lipinski definition) is 3. The van der Waals surface area contributed by atoms with E-state index in [9.17, 15) is 24.0 Å². The number of carbonyl (C=O) groups excluding carboxylic acids is 1. The van der Waals surface area contributed by atoms with Gasteiger partial charge in [-0.3, -0.25) is 14.2 Å². The van der Waals surface area contributed by atoms with Crippen LogP contribution in [0.5, 0.6) is 5.75 Å². The summed E-state index contributed by atoms with van der Waals surface area (Å²) in [6.45, 7) is 4.09. The zero-order chi connectivity index (χ0) is 22.4. The zero-order valence-corrected chi connectivity index (χ0v) is 17.8. The summed E-state index contributed by atoms with van der Waals surface area (Å²) in [5.74, 6) is -1.95. The largest absolute Gasteiger partial charge is 0.501 e. The van der Waals surface area contributed by atoms with E-state index in [1.807, 2.05) is 0 Å². The fraction of sp³-hybridized carbons (Fsp3) is 0.421. The van der Waals surface area contributed by atoms with Crippen molar-refractivity contribution >= 4 is 19.2 Å². The predicted molar refractivity (Wildman–Crippen MR) is 107 cm³/mol. The van der Waals surface area contributed by atoms with E-state index in [1.165, 1.54) is 16.7 Å². The van der Waals surface area contributed by atoms with Crippen LogP contribution in [-0.2, 0) is 32.5 Å². The van der Waals surface area contributed by atoms with Crippen molar-refractivity contribution in [1.82, 2.24) is 14.9 Å². The minimum absolute atomic E-state index is 0.113. The Morgan fingerprint density at radius 2 is 2.03 bits per heavy atom. The van der Waals surface area contributed by atoms with Gasteiger partial charge < -0.3 is 15.2 Å². The highest BCUT2D eigenvalue weighted by atomic mass is 31.2. The molecule has 0 radical (unpaired) electrons. The van der Waals surface area contributed by atoms with E-state index in [0.29, 0.717) is 5.56 Å². The normalized spacial score (nSPS) is 19.1. The van der Waals surface area contributed by atoms with E-state index >= 15 is 0 Å². The van der Waals surface area contributed by atoms with Crippen LogP contribution in [-0.4, -0.2) is 45.3 Å². The van der Waals surface area contributed by atoms with Crippen LogP contribution in [0.1, 0.15) is 35.7 Å². The molecule has 2 aromatic rings. The molecule has 0 aliphatic carbocycles. The molecule has 4 rings (SSSR count). The number of ether oxygens (including phenoxy) is 1. The number of amides is 1. The summed E-state index contributed by atoms with van der Waals surface area (Å²) in [5.41, 5.74) is -1.73. The second-order valence-corrected chi connectivity index (χ2v) is 9.63. The third kappa shape index (κ3) is 3.95. The van der Waals surface area contributed by atoms with Crippen LogP contribution >= 0.6 is 7.94 Å². The van der Waals surface area contributed by atoms with Crippen molar-refractivity contribution in [3.63, 3.8) is 0 Å². The number of carbonyl (C=O) groups is 1. The van der Waals surface area contributed by atoms with Gasteiger partial charge in [-0.05, 0) is 19.9 Å². The maximum absolute atomic E-state index is 13.8. The molecule has 0 spiro atoms. The minimum Gasteiger partial charge on any atom is -0.501 e. The molecule has 1 aromatic heterocycles. The van der Waals surface area contributed by atoms with Gasteiger partial charge in [-0.2, -0.15) is 13.9 Å². The maximum Gasteiger partial charge on any atom is 0.446 e. The van der Waals surface area contributed by atoms with Crippen molar-refractivity contribution in [2.45, 2.75) is 32.5 Å². The van der Waals surface area contributed by atoms with E-state index in [0.717, 1.165) is 6.07 Å². The van der Waals surface area contributed by atoms with E-state index < -0.39 is 42.3 Å². The van der Waals surface area contributed by atoms with Crippen molar-refractivity contribution in [3.05, 3.63) is 51.5 Å². The number of halogens is 1. The van der Waals surface area contributed by atoms with Gasteiger partial charge in [0.1, 0.15) is 30.5 Å². The molecule has 1 aromatic carbocycles. The van der Waals surface area contributed by atoms with Crippen molar-refractivity contribution in [1.29, 1.82) is 0 Å². The van der Waals surface area contributed by atoms with Gasteiger partial charge in [0.25, 0.3) is 11.5 Å². The molecule has 3 N–H and O–H groups in total. The van der Waals surface area contributed by atoms with Crippen LogP contribution in [0.15, 0.2) is 23.0 Å². The molecule has 1 saturated heterocycles. The van der Waals surface area contributed by atoms with Crippen LogP contribution in [0.4, 0.5) is 4.39 Å². The SMILES string of the molecule is CC1(C)OCCn2c1nc(C(=O)NCc1ccc(F)cc1[P+]1(O)OCCO1)c(O)c2=O. The van der Waals surface area contributed by atoms with Crippen molar-refractivity contribution in [3.8, 4) is 5.75 Å². The Balaban J connectivity index is 1.62. The molecule has 2 aliphatic rings. The van der Waals surface area contributed by atoms with Crippen LogP contribution in [0.25, 0.3) is 0 Å². The molecule has 10 nitrogen and oxygen atoms in total. The quantitative estimate of drug-likeness (QED) is 0.576. The van der Waals surface area contributed by atoms with Gasteiger partial charge in [0.05, 0.1) is 13.2 Å². The van der Waals surface area contributed by atoms with Crippen LogP contribution in [0, 0.1) is 5.82 Å². The van der Waals surface area contributed by atoms with Gasteiger partial charge in [-0.25, -0.2) is 9.37 Å². The molecule has 166 valence electrons. The Bertz CT molecular complexity index is 1100. The van der Waals surface area contributed by atoms with Gasteiger partial charge >= 0.3 is 7.94 Å². The van der Waals surface area contributed by atoms with Crippen molar-refractivity contribution in [2.75, 3.05) is 19.8 Å². The lowest BCUT2D eigenvalue weighted by molar-refractivity contribution is -0.0566. The molecular formula is C19H22FN3O7P+. The van der Waals surface area contributed by atoms with Crippen LogP contribution < -0.4 is 16.2 Å².